The summed E-state index contributed by atoms with van der Waals surface area (Å²) in [6, 6.07) is 0. The maximum absolute atomic E-state index is 11.0. The highest BCUT2D eigenvalue weighted by molar-refractivity contribution is 5.70. The Labute approximate surface area is 105 Å². The summed E-state index contributed by atoms with van der Waals surface area (Å²) in [7, 11) is 0. The molecule has 0 aromatic carbocycles. The Bertz CT molecular complexity index is 451. The van der Waals surface area contributed by atoms with Gasteiger partial charge in [-0.2, -0.15) is 5.10 Å². The average Bonchev–Trinajstić information content (AvgIpc) is 2.96. The minimum Gasteiger partial charge on any atom is -0.481 e. The van der Waals surface area contributed by atoms with Crippen LogP contribution >= 0.6 is 0 Å². The number of hydrogen-bond donors (Lipinski definition) is 2. The van der Waals surface area contributed by atoms with Crippen LogP contribution in [-0.2, 0) is 24.2 Å². The van der Waals surface area contributed by atoms with E-state index in [-0.39, 0.29) is 5.92 Å². The van der Waals surface area contributed by atoms with Gasteiger partial charge in [0.25, 0.3) is 0 Å². The second kappa shape index (κ2) is 4.68. The molecule has 98 valence electrons. The van der Waals surface area contributed by atoms with Crippen molar-refractivity contribution in [2.45, 2.75) is 32.2 Å². The number of nitrogens with zero attached hydrogens (tertiary/aromatic N) is 3. The van der Waals surface area contributed by atoms with Gasteiger partial charge in [0, 0.05) is 19.4 Å². The summed E-state index contributed by atoms with van der Waals surface area (Å²) in [5, 5.41) is 16.9. The average molecular weight is 250 g/mol. The summed E-state index contributed by atoms with van der Waals surface area (Å²) >= 11 is 0. The molecule has 0 spiro atoms. The normalized spacial score (nSPS) is 27.1. The Morgan fingerprint density at radius 2 is 2.39 bits per heavy atom. The molecule has 2 atom stereocenters. The van der Waals surface area contributed by atoms with Gasteiger partial charge in [-0.15, -0.1) is 0 Å². The van der Waals surface area contributed by atoms with Crippen molar-refractivity contribution in [3.05, 3.63) is 11.6 Å². The van der Waals surface area contributed by atoms with Gasteiger partial charge in [0.05, 0.1) is 5.92 Å². The Morgan fingerprint density at radius 3 is 3.11 bits per heavy atom. The summed E-state index contributed by atoms with van der Waals surface area (Å²) < 4.78 is 1.89. The van der Waals surface area contributed by atoms with Gasteiger partial charge < -0.3 is 10.4 Å². The van der Waals surface area contributed by atoms with Crippen LogP contribution in [0.1, 0.15) is 24.5 Å². The molecule has 1 aromatic rings. The molecule has 2 N–H and O–H groups in total. The lowest BCUT2D eigenvalue weighted by atomic mass is 9.98. The Morgan fingerprint density at radius 1 is 1.50 bits per heavy atom. The topological polar surface area (TPSA) is 80.0 Å². The highest BCUT2D eigenvalue weighted by Gasteiger charge is 2.27. The minimum atomic E-state index is -0.717. The highest BCUT2D eigenvalue weighted by atomic mass is 16.4. The van der Waals surface area contributed by atoms with E-state index in [0.29, 0.717) is 25.3 Å². The monoisotopic (exact) mass is 250 g/mol. The number of carboxylic acids is 1. The standard InChI is InChI=1S/C12H18N4O2/c17-12(18)9-2-4-16-11(6-9)14-10(15-16)5-8-1-3-13-7-8/h8-9,13H,1-7H2,(H,17,18). The van der Waals surface area contributed by atoms with Crippen molar-refractivity contribution >= 4 is 5.97 Å². The van der Waals surface area contributed by atoms with Crippen molar-refractivity contribution < 1.29 is 9.90 Å². The van der Waals surface area contributed by atoms with Crippen LogP contribution in [0.25, 0.3) is 0 Å². The highest BCUT2D eigenvalue weighted by Crippen LogP contribution is 2.20. The van der Waals surface area contributed by atoms with E-state index >= 15 is 0 Å². The lowest BCUT2D eigenvalue weighted by Crippen LogP contribution is -2.26. The van der Waals surface area contributed by atoms with Gasteiger partial charge in [0.1, 0.15) is 5.82 Å². The molecule has 3 heterocycles. The van der Waals surface area contributed by atoms with Crippen LogP contribution in [0.5, 0.6) is 0 Å². The molecule has 0 bridgehead atoms. The molecular formula is C12H18N4O2. The molecule has 2 unspecified atom stereocenters. The van der Waals surface area contributed by atoms with Gasteiger partial charge in [-0.05, 0) is 31.8 Å². The fourth-order valence-corrected chi connectivity index (χ4v) is 2.80. The molecule has 0 aliphatic carbocycles. The Hall–Kier alpha value is -1.43. The predicted molar refractivity (Wildman–Crippen MR) is 64.1 cm³/mol. The quantitative estimate of drug-likeness (QED) is 0.794. The van der Waals surface area contributed by atoms with Crippen molar-refractivity contribution in [1.29, 1.82) is 0 Å². The third-order valence-corrected chi connectivity index (χ3v) is 3.89. The number of hydrogen-bond acceptors (Lipinski definition) is 4. The van der Waals surface area contributed by atoms with E-state index < -0.39 is 5.97 Å². The smallest absolute Gasteiger partial charge is 0.307 e. The molecule has 18 heavy (non-hydrogen) atoms. The van der Waals surface area contributed by atoms with Crippen molar-refractivity contribution in [2.24, 2.45) is 11.8 Å². The van der Waals surface area contributed by atoms with Crippen LogP contribution in [0, 0.1) is 11.8 Å². The first-order valence-electron chi connectivity index (χ1n) is 6.58. The van der Waals surface area contributed by atoms with Crippen LogP contribution < -0.4 is 5.32 Å². The molecule has 2 aliphatic rings. The fraction of sp³-hybridized carbons (Fsp3) is 0.750. The SMILES string of the molecule is O=C(O)C1CCn2nc(CC3CCNC3)nc2C1. The molecule has 0 radical (unpaired) electrons. The summed E-state index contributed by atoms with van der Waals surface area (Å²) in [4.78, 5) is 15.5. The molecule has 1 fully saturated rings. The number of carboxylic acid groups (broad SMARTS) is 1. The molecule has 1 saturated heterocycles. The van der Waals surface area contributed by atoms with Crippen molar-refractivity contribution in [1.82, 2.24) is 20.1 Å². The number of aromatic nitrogens is 3. The number of nitrogens with one attached hydrogen (secondary N) is 1. The van der Waals surface area contributed by atoms with Crippen LogP contribution in [-0.4, -0.2) is 38.9 Å². The molecule has 6 heteroatoms. The van der Waals surface area contributed by atoms with Gasteiger partial charge in [0.15, 0.2) is 5.82 Å². The fourth-order valence-electron chi connectivity index (χ4n) is 2.80. The van der Waals surface area contributed by atoms with Gasteiger partial charge in [-0.1, -0.05) is 0 Å². The first-order valence-corrected chi connectivity index (χ1v) is 6.58. The molecule has 0 amide bonds. The molecule has 1 aromatic heterocycles. The van der Waals surface area contributed by atoms with E-state index in [1.54, 1.807) is 0 Å². The third kappa shape index (κ3) is 2.25. The Balaban J connectivity index is 1.70. The summed E-state index contributed by atoms with van der Waals surface area (Å²) in [6.45, 7) is 2.81. The zero-order valence-corrected chi connectivity index (χ0v) is 10.3. The van der Waals surface area contributed by atoms with Crippen molar-refractivity contribution in [3.63, 3.8) is 0 Å². The van der Waals surface area contributed by atoms with Gasteiger partial charge in [0.2, 0.25) is 0 Å². The largest absolute Gasteiger partial charge is 0.481 e. The number of fused-ring (bicyclic) bond motifs is 1. The second-order valence-electron chi connectivity index (χ2n) is 5.26. The predicted octanol–water partition coefficient (Wildman–Crippen LogP) is 0.0771. The van der Waals surface area contributed by atoms with Gasteiger partial charge >= 0.3 is 5.97 Å². The molecule has 2 aliphatic heterocycles. The lowest BCUT2D eigenvalue weighted by molar-refractivity contribution is -0.142. The van der Waals surface area contributed by atoms with Crippen molar-refractivity contribution in [2.75, 3.05) is 13.1 Å². The van der Waals surface area contributed by atoms with Crippen LogP contribution in [0.2, 0.25) is 0 Å². The van der Waals surface area contributed by atoms with Crippen LogP contribution in [0.3, 0.4) is 0 Å². The first kappa shape index (κ1) is 11.6. The van der Waals surface area contributed by atoms with E-state index in [2.05, 4.69) is 15.4 Å². The lowest BCUT2D eigenvalue weighted by Gasteiger charge is -2.17. The maximum Gasteiger partial charge on any atom is 0.307 e. The minimum absolute atomic E-state index is 0.289. The summed E-state index contributed by atoms with van der Waals surface area (Å²) in [5.41, 5.74) is 0. The Kier molecular flexibility index (Phi) is 3.03. The molecule has 3 rings (SSSR count). The molecular weight excluding hydrogens is 232 g/mol. The van der Waals surface area contributed by atoms with Gasteiger partial charge in [-0.3, -0.25) is 4.79 Å². The van der Waals surface area contributed by atoms with Gasteiger partial charge in [-0.25, -0.2) is 9.67 Å². The van der Waals surface area contributed by atoms with Crippen LogP contribution in [0.15, 0.2) is 0 Å². The summed E-state index contributed by atoms with van der Waals surface area (Å²) in [6.07, 6.45) is 3.27. The van der Waals surface area contributed by atoms with E-state index in [9.17, 15) is 4.79 Å². The number of rotatable bonds is 3. The van der Waals surface area contributed by atoms with E-state index in [4.69, 9.17) is 5.11 Å². The summed E-state index contributed by atoms with van der Waals surface area (Å²) in [5.74, 6) is 1.34. The van der Waals surface area contributed by atoms with Crippen molar-refractivity contribution in [3.8, 4) is 0 Å². The van der Waals surface area contributed by atoms with Crippen LogP contribution in [0.4, 0.5) is 0 Å². The van der Waals surface area contributed by atoms with E-state index in [1.807, 2.05) is 4.68 Å². The molecule has 6 nitrogen and oxygen atoms in total. The zero-order valence-electron chi connectivity index (χ0n) is 10.3. The van der Waals surface area contributed by atoms with E-state index in [1.165, 1.54) is 6.42 Å². The number of aliphatic carboxylic acids is 1. The first-order chi connectivity index (χ1) is 8.72. The number of aryl methyl sites for hydroxylation is 1. The number of carbonyl (C=O) groups is 1. The second-order valence-corrected chi connectivity index (χ2v) is 5.26. The third-order valence-electron chi connectivity index (χ3n) is 3.89. The van der Waals surface area contributed by atoms with E-state index in [0.717, 1.165) is 31.2 Å². The maximum atomic E-state index is 11.0. The zero-order chi connectivity index (χ0) is 12.5. The molecule has 0 saturated carbocycles.